The second kappa shape index (κ2) is 8.59. The smallest absolute Gasteiger partial charge is 0.226 e. The van der Waals surface area contributed by atoms with Gasteiger partial charge in [0.2, 0.25) is 5.91 Å². The SMILES string of the molecule is C=CCSCCNC(=O)C1(CCC)CCNCC1. The predicted molar refractivity (Wildman–Crippen MR) is 80.0 cm³/mol. The lowest BCUT2D eigenvalue weighted by atomic mass is 9.74. The molecule has 3 nitrogen and oxygen atoms in total. The van der Waals surface area contributed by atoms with Gasteiger partial charge in [0.25, 0.3) is 0 Å². The number of piperidine rings is 1. The van der Waals surface area contributed by atoms with Crippen molar-refractivity contribution in [2.45, 2.75) is 32.6 Å². The van der Waals surface area contributed by atoms with Crippen LogP contribution in [-0.4, -0.2) is 37.0 Å². The highest BCUT2D eigenvalue weighted by Gasteiger charge is 2.38. The Morgan fingerprint density at radius 2 is 2.22 bits per heavy atom. The summed E-state index contributed by atoms with van der Waals surface area (Å²) >= 11 is 1.81. The van der Waals surface area contributed by atoms with E-state index in [1.807, 2.05) is 17.8 Å². The number of carbonyl (C=O) groups is 1. The van der Waals surface area contributed by atoms with Crippen molar-refractivity contribution in [2.24, 2.45) is 5.41 Å². The van der Waals surface area contributed by atoms with E-state index >= 15 is 0 Å². The number of amides is 1. The summed E-state index contributed by atoms with van der Waals surface area (Å²) in [5.41, 5.74) is -0.108. The molecule has 0 aromatic rings. The van der Waals surface area contributed by atoms with Gasteiger partial charge in [0.1, 0.15) is 0 Å². The third-order valence-electron chi connectivity index (χ3n) is 3.54. The van der Waals surface area contributed by atoms with Gasteiger partial charge in [-0.2, -0.15) is 11.8 Å². The first-order valence-electron chi connectivity index (χ1n) is 6.93. The molecular formula is C14H26N2OS. The Kier molecular flexibility index (Phi) is 7.44. The van der Waals surface area contributed by atoms with Crippen molar-refractivity contribution in [1.29, 1.82) is 0 Å². The second-order valence-electron chi connectivity index (χ2n) is 4.90. The predicted octanol–water partition coefficient (Wildman–Crippen LogP) is 2.19. The summed E-state index contributed by atoms with van der Waals surface area (Å²) in [4.78, 5) is 12.4. The van der Waals surface area contributed by atoms with E-state index in [0.29, 0.717) is 0 Å². The minimum atomic E-state index is -0.108. The maximum atomic E-state index is 12.4. The van der Waals surface area contributed by atoms with Crippen LogP contribution < -0.4 is 10.6 Å². The fourth-order valence-corrected chi connectivity index (χ4v) is 3.15. The molecule has 1 aliphatic heterocycles. The molecular weight excluding hydrogens is 244 g/mol. The van der Waals surface area contributed by atoms with Crippen molar-refractivity contribution >= 4 is 17.7 Å². The molecule has 1 amide bonds. The highest BCUT2D eigenvalue weighted by atomic mass is 32.2. The van der Waals surface area contributed by atoms with Gasteiger partial charge in [-0.1, -0.05) is 19.4 Å². The summed E-state index contributed by atoms with van der Waals surface area (Å²) < 4.78 is 0. The van der Waals surface area contributed by atoms with Crippen molar-refractivity contribution < 1.29 is 4.79 Å². The minimum absolute atomic E-state index is 0.108. The van der Waals surface area contributed by atoms with E-state index in [9.17, 15) is 4.79 Å². The Bertz CT molecular complexity index is 257. The van der Waals surface area contributed by atoms with E-state index < -0.39 is 0 Å². The van der Waals surface area contributed by atoms with E-state index in [0.717, 1.165) is 56.8 Å². The highest BCUT2D eigenvalue weighted by molar-refractivity contribution is 7.99. The Morgan fingerprint density at radius 3 is 2.83 bits per heavy atom. The van der Waals surface area contributed by atoms with Crippen LogP contribution in [-0.2, 0) is 4.79 Å². The van der Waals surface area contributed by atoms with Crippen LogP contribution in [0.1, 0.15) is 32.6 Å². The van der Waals surface area contributed by atoms with Gasteiger partial charge in [0.15, 0.2) is 0 Å². The quantitative estimate of drug-likeness (QED) is 0.525. The molecule has 0 aliphatic carbocycles. The van der Waals surface area contributed by atoms with E-state index in [1.165, 1.54) is 0 Å². The van der Waals surface area contributed by atoms with Crippen LogP contribution in [0.25, 0.3) is 0 Å². The standard InChI is InChI=1S/C14H26N2OS/c1-3-5-14(6-8-15-9-7-14)13(17)16-10-12-18-11-4-2/h4,15H,2-3,5-12H2,1H3,(H,16,17). The van der Waals surface area contributed by atoms with Gasteiger partial charge in [-0.05, 0) is 32.4 Å². The molecule has 0 radical (unpaired) electrons. The van der Waals surface area contributed by atoms with E-state index in [4.69, 9.17) is 0 Å². The van der Waals surface area contributed by atoms with E-state index in [-0.39, 0.29) is 11.3 Å². The maximum absolute atomic E-state index is 12.4. The van der Waals surface area contributed by atoms with Gasteiger partial charge in [0.05, 0.1) is 5.41 Å². The average molecular weight is 270 g/mol. The Morgan fingerprint density at radius 1 is 1.50 bits per heavy atom. The molecule has 104 valence electrons. The molecule has 0 unspecified atom stereocenters. The zero-order valence-electron chi connectivity index (χ0n) is 11.5. The van der Waals surface area contributed by atoms with E-state index in [2.05, 4.69) is 24.1 Å². The molecule has 4 heteroatoms. The molecule has 0 spiro atoms. The fourth-order valence-electron chi connectivity index (χ4n) is 2.57. The minimum Gasteiger partial charge on any atom is -0.355 e. The lowest BCUT2D eigenvalue weighted by Gasteiger charge is -2.36. The Balaban J connectivity index is 2.37. The first-order valence-corrected chi connectivity index (χ1v) is 8.08. The van der Waals surface area contributed by atoms with Crippen LogP contribution in [0.5, 0.6) is 0 Å². The van der Waals surface area contributed by atoms with Crippen LogP contribution in [0.4, 0.5) is 0 Å². The molecule has 0 atom stereocenters. The third kappa shape index (κ3) is 4.65. The number of thioether (sulfide) groups is 1. The van der Waals surface area contributed by atoms with Gasteiger partial charge >= 0.3 is 0 Å². The summed E-state index contributed by atoms with van der Waals surface area (Å²) in [5, 5.41) is 6.46. The summed E-state index contributed by atoms with van der Waals surface area (Å²) in [6.07, 6.45) is 5.95. The molecule has 0 saturated carbocycles. The molecule has 1 heterocycles. The molecule has 0 bridgehead atoms. The van der Waals surface area contributed by atoms with Crippen molar-refractivity contribution in [3.8, 4) is 0 Å². The third-order valence-corrected chi connectivity index (χ3v) is 4.50. The normalized spacial score (nSPS) is 18.3. The Hall–Kier alpha value is -0.480. The number of hydrogen-bond donors (Lipinski definition) is 2. The molecule has 18 heavy (non-hydrogen) atoms. The van der Waals surface area contributed by atoms with Crippen molar-refractivity contribution in [3.05, 3.63) is 12.7 Å². The summed E-state index contributed by atoms with van der Waals surface area (Å²) in [6.45, 7) is 8.57. The van der Waals surface area contributed by atoms with Gasteiger partial charge in [-0.25, -0.2) is 0 Å². The van der Waals surface area contributed by atoms with Gasteiger partial charge < -0.3 is 10.6 Å². The zero-order valence-corrected chi connectivity index (χ0v) is 12.3. The molecule has 1 fully saturated rings. The van der Waals surface area contributed by atoms with Crippen LogP contribution in [0.2, 0.25) is 0 Å². The highest BCUT2D eigenvalue weighted by Crippen LogP contribution is 2.34. The number of hydrogen-bond acceptors (Lipinski definition) is 3. The van der Waals surface area contributed by atoms with Crippen molar-refractivity contribution in [1.82, 2.24) is 10.6 Å². The molecule has 1 aliphatic rings. The van der Waals surface area contributed by atoms with Gasteiger partial charge in [0, 0.05) is 18.1 Å². The second-order valence-corrected chi connectivity index (χ2v) is 6.05. The maximum Gasteiger partial charge on any atom is 0.226 e. The van der Waals surface area contributed by atoms with E-state index in [1.54, 1.807) is 0 Å². The molecule has 0 aromatic heterocycles. The lowest BCUT2D eigenvalue weighted by Crippen LogP contribution is -2.48. The first-order chi connectivity index (χ1) is 8.75. The largest absolute Gasteiger partial charge is 0.355 e. The average Bonchev–Trinajstić information content (AvgIpc) is 2.39. The fraction of sp³-hybridized carbons (Fsp3) is 0.786. The Labute approximate surface area is 115 Å². The lowest BCUT2D eigenvalue weighted by molar-refractivity contribution is -0.133. The molecule has 0 aromatic carbocycles. The van der Waals surface area contributed by atoms with Crippen LogP contribution in [0.3, 0.4) is 0 Å². The van der Waals surface area contributed by atoms with Crippen LogP contribution in [0.15, 0.2) is 12.7 Å². The summed E-state index contributed by atoms with van der Waals surface area (Å²) in [7, 11) is 0. The number of rotatable bonds is 8. The van der Waals surface area contributed by atoms with Crippen molar-refractivity contribution in [3.63, 3.8) is 0 Å². The zero-order chi connectivity index (χ0) is 13.3. The van der Waals surface area contributed by atoms with Crippen molar-refractivity contribution in [2.75, 3.05) is 31.1 Å². The topological polar surface area (TPSA) is 41.1 Å². The summed E-state index contributed by atoms with van der Waals surface area (Å²) in [5.74, 6) is 2.20. The monoisotopic (exact) mass is 270 g/mol. The number of carbonyl (C=O) groups excluding carboxylic acids is 1. The molecule has 1 saturated heterocycles. The van der Waals surface area contributed by atoms with Gasteiger partial charge in [-0.15, -0.1) is 6.58 Å². The summed E-state index contributed by atoms with van der Waals surface area (Å²) in [6, 6.07) is 0. The molecule has 1 rings (SSSR count). The molecule has 2 N–H and O–H groups in total. The van der Waals surface area contributed by atoms with Crippen LogP contribution >= 0.6 is 11.8 Å². The number of nitrogens with one attached hydrogen (secondary N) is 2. The van der Waals surface area contributed by atoms with Gasteiger partial charge in [-0.3, -0.25) is 4.79 Å². The first kappa shape index (κ1) is 15.6. The van der Waals surface area contributed by atoms with Crippen LogP contribution in [0, 0.1) is 5.41 Å².